The quantitative estimate of drug-likeness (QED) is 0.526. The number of amides is 2. The molecule has 0 bridgehead atoms. The van der Waals surface area contributed by atoms with Gasteiger partial charge >= 0.3 is 0 Å². The summed E-state index contributed by atoms with van der Waals surface area (Å²) in [6.07, 6.45) is 1.87. The van der Waals surface area contributed by atoms with Crippen molar-refractivity contribution < 1.29 is 9.59 Å². The van der Waals surface area contributed by atoms with E-state index in [1.165, 1.54) is 28.6 Å². The largest absolute Gasteiger partial charge is 0.368 e. The second-order valence-corrected chi connectivity index (χ2v) is 9.84. The van der Waals surface area contributed by atoms with Crippen molar-refractivity contribution in [1.29, 1.82) is 0 Å². The maximum Gasteiger partial charge on any atom is 0.262 e. The first-order valence-electron chi connectivity index (χ1n) is 11.5. The van der Waals surface area contributed by atoms with E-state index < -0.39 is 0 Å². The summed E-state index contributed by atoms with van der Waals surface area (Å²) >= 11 is 1.46. The molecule has 2 aliphatic heterocycles. The highest BCUT2D eigenvalue weighted by Crippen LogP contribution is 2.38. The summed E-state index contributed by atoms with van der Waals surface area (Å²) in [5.41, 5.74) is 6.19. The van der Waals surface area contributed by atoms with E-state index in [2.05, 4.69) is 42.3 Å². The summed E-state index contributed by atoms with van der Waals surface area (Å²) < 4.78 is 0. The van der Waals surface area contributed by atoms with E-state index in [0.29, 0.717) is 23.6 Å². The molecule has 172 valence electrons. The minimum atomic E-state index is -0.106. The molecule has 0 aliphatic carbocycles. The zero-order valence-corrected chi connectivity index (χ0v) is 20.2. The average molecular weight is 470 g/mol. The smallest absolute Gasteiger partial charge is 0.262 e. The molecule has 3 aromatic rings. The molecule has 1 saturated heterocycles. The number of carbonyl (C=O) groups is 2. The Bertz CT molecular complexity index is 1280. The van der Waals surface area contributed by atoms with Crippen molar-refractivity contribution in [3.8, 4) is 0 Å². The lowest BCUT2D eigenvalue weighted by Gasteiger charge is -2.37. The van der Waals surface area contributed by atoms with Crippen molar-refractivity contribution in [2.24, 2.45) is 0 Å². The molecular weight excluding hydrogens is 442 g/mol. The summed E-state index contributed by atoms with van der Waals surface area (Å²) in [5, 5.41) is 2.93. The molecule has 1 fully saturated rings. The molecule has 2 heterocycles. The molecule has 2 amide bonds. The molecule has 0 saturated carbocycles. The molecular formula is C28H27N3O2S. The monoisotopic (exact) mass is 469 g/mol. The van der Waals surface area contributed by atoms with Crippen molar-refractivity contribution in [2.45, 2.75) is 18.7 Å². The highest BCUT2D eigenvalue weighted by atomic mass is 32.2. The van der Waals surface area contributed by atoms with Crippen LogP contribution in [-0.2, 0) is 4.79 Å². The maximum atomic E-state index is 13.1. The number of hydrogen-bond donors (Lipinski definition) is 1. The minimum Gasteiger partial charge on any atom is -0.368 e. The van der Waals surface area contributed by atoms with Crippen LogP contribution in [0.3, 0.4) is 0 Å². The number of piperazine rings is 1. The summed E-state index contributed by atoms with van der Waals surface area (Å²) in [5.74, 6) is -0.0518. The van der Waals surface area contributed by atoms with Crippen molar-refractivity contribution in [1.82, 2.24) is 4.90 Å². The third-order valence-electron chi connectivity index (χ3n) is 6.31. The Morgan fingerprint density at radius 3 is 2.44 bits per heavy atom. The highest BCUT2D eigenvalue weighted by Gasteiger charge is 2.24. The van der Waals surface area contributed by atoms with E-state index in [0.717, 1.165) is 29.2 Å². The van der Waals surface area contributed by atoms with Crippen LogP contribution in [0.5, 0.6) is 0 Å². The van der Waals surface area contributed by atoms with Gasteiger partial charge in [-0.05, 0) is 66.9 Å². The van der Waals surface area contributed by atoms with Gasteiger partial charge in [-0.25, -0.2) is 0 Å². The molecule has 3 aromatic carbocycles. The number of fused-ring (bicyclic) bond motifs is 1. The third-order valence-corrected chi connectivity index (χ3v) is 7.41. The van der Waals surface area contributed by atoms with E-state index >= 15 is 0 Å². The first-order valence-corrected chi connectivity index (χ1v) is 12.3. The number of rotatable bonds is 3. The Morgan fingerprint density at radius 2 is 1.68 bits per heavy atom. The zero-order chi connectivity index (χ0) is 23.7. The maximum absolute atomic E-state index is 13.1. The number of thioether (sulfide) groups is 1. The fourth-order valence-corrected chi connectivity index (χ4v) is 5.32. The third kappa shape index (κ3) is 4.59. The standard InChI is InChI=1S/C28H27N3O2S/c1-19-7-8-20(2)24(17-19)30-13-15-31(16-14-30)28(33)22-11-9-21(10-12-22)18-26-27(32)29-23-5-3-4-6-25(23)34-26/h3-12,17-18H,13-16H2,1-2H3,(H,29,32). The van der Waals surface area contributed by atoms with Gasteiger partial charge in [-0.1, -0.05) is 48.2 Å². The predicted octanol–water partition coefficient (Wildman–Crippen LogP) is 5.35. The Labute approximate surface area is 204 Å². The van der Waals surface area contributed by atoms with Crippen LogP contribution in [0.4, 0.5) is 11.4 Å². The number of aryl methyl sites for hydroxylation is 2. The second kappa shape index (κ2) is 9.39. The number of benzene rings is 3. The summed E-state index contributed by atoms with van der Waals surface area (Å²) in [7, 11) is 0. The lowest BCUT2D eigenvalue weighted by atomic mass is 10.1. The van der Waals surface area contributed by atoms with Gasteiger partial charge in [0.15, 0.2) is 0 Å². The van der Waals surface area contributed by atoms with E-state index in [4.69, 9.17) is 0 Å². The van der Waals surface area contributed by atoms with Gasteiger partial charge in [0, 0.05) is 42.3 Å². The molecule has 2 aliphatic rings. The topological polar surface area (TPSA) is 52.6 Å². The Morgan fingerprint density at radius 1 is 0.941 bits per heavy atom. The van der Waals surface area contributed by atoms with E-state index in [-0.39, 0.29) is 11.8 Å². The van der Waals surface area contributed by atoms with Gasteiger partial charge in [-0.3, -0.25) is 9.59 Å². The fourth-order valence-electron chi connectivity index (χ4n) is 4.37. The number of nitrogens with zero attached hydrogens (tertiary/aromatic N) is 2. The zero-order valence-electron chi connectivity index (χ0n) is 19.4. The van der Waals surface area contributed by atoms with Crippen molar-refractivity contribution >= 4 is 41.0 Å². The number of carbonyl (C=O) groups excluding carboxylic acids is 2. The Hall–Kier alpha value is -3.51. The fraction of sp³-hybridized carbons (Fsp3) is 0.214. The minimum absolute atomic E-state index is 0.0542. The van der Waals surface area contributed by atoms with E-state index in [1.54, 1.807) is 0 Å². The van der Waals surface area contributed by atoms with E-state index in [9.17, 15) is 9.59 Å². The summed E-state index contributed by atoms with van der Waals surface area (Å²) in [6.45, 7) is 7.31. The van der Waals surface area contributed by atoms with Gasteiger partial charge in [0.05, 0.1) is 10.6 Å². The first kappa shape index (κ1) is 22.3. The van der Waals surface area contributed by atoms with Crippen molar-refractivity contribution in [2.75, 3.05) is 36.4 Å². The highest BCUT2D eigenvalue weighted by molar-refractivity contribution is 8.04. The summed E-state index contributed by atoms with van der Waals surface area (Å²) in [4.78, 5) is 31.5. The molecule has 0 spiro atoms. The van der Waals surface area contributed by atoms with Gasteiger partial charge in [-0.15, -0.1) is 0 Å². The molecule has 0 atom stereocenters. The predicted molar refractivity (Wildman–Crippen MR) is 139 cm³/mol. The van der Waals surface area contributed by atoms with E-state index in [1.807, 2.05) is 59.5 Å². The number of anilines is 2. The van der Waals surface area contributed by atoms with Gasteiger partial charge in [0.1, 0.15) is 0 Å². The lowest BCUT2D eigenvalue weighted by molar-refractivity contribution is -0.112. The molecule has 34 heavy (non-hydrogen) atoms. The van der Waals surface area contributed by atoms with Crippen LogP contribution in [-0.4, -0.2) is 42.9 Å². The molecule has 1 N–H and O–H groups in total. The van der Waals surface area contributed by atoms with Crippen LogP contribution in [0.15, 0.2) is 76.5 Å². The SMILES string of the molecule is Cc1ccc(C)c(N2CCN(C(=O)c3ccc(C=C4Sc5ccccc5NC4=O)cc3)CC2)c1. The first-order chi connectivity index (χ1) is 16.5. The van der Waals surface area contributed by atoms with Gasteiger partial charge in [-0.2, -0.15) is 0 Å². The van der Waals surface area contributed by atoms with Crippen molar-refractivity contribution in [3.63, 3.8) is 0 Å². The van der Waals surface area contributed by atoms with Crippen LogP contribution in [0.1, 0.15) is 27.0 Å². The van der Waals surface area contributed by atoms with Gasteiger partial charge < -0.3 is 15.1 Å². The second-order valence-electron chi connectivity index (χ2n) is 8.75. The van der Waals surface area contributed by atoms with Crippen LogP contribution in [0, 0.1) is 13.8 Å². The average Bonchev–Trinajstić information content (AvgIpc) is 2.86. The molecule has 6 heteroatoms. The molecule has 0 aromatic heterocycles. The number of nitrogens with one attached hydrogen (secondary N) is 1. The van der Waals surface area contributed by atoms with Gasteiger partial charge in [0.25, 0.3) is 11.8 Å². The molecule has 5 nitrogen and oxygen atoms in total. The normalized spacial score (nSPS) is 16.9. The van der Waals surface area contributed by atoms with Gasteiger partial charge in [0.2, 0.25) is 0 Å². The molecule has 0 radical (unpaired) electrons. The number of hydrogen-bond acceptors (Lipinski definition) is 4. The van der Waals surface area contributed by atoms with Crippen molar-refractivity contribution in [3.05, 3.63) is 93.9 Å². The van der Waals surface area contributed by atoms with Crippen LogP contribution in [0.25, 0.3) is 6.08 Å². The summed E-state index contributed by atoms with van der Waals surface area (Å²) in [6, 6.07) is 21.8. The lowest BCUT2D eigenvalue weighted by Crippen LogP contribution is -2.49. The van der Waals surface area contributed by atoms with Crippen LogP contribution in [0.2, 0.25) is 0 Å². The number of para-hydroxylation sites is 1. The Kier molecular flexibility index (Phi) is 6.16. The Balaban J connectivity index is 1.24. The van der Waals surface area contributed by atoms with Crippen LogP contribution < -0.4 is 10.2 Å². The molecule has 0 unspecified atom stereocenters. The molecule has 5 rings (SSSR count). The van der Waals surface area contributed by atoms with Crippen LogP contribution >= 0.6 is 11.8 Å².